The van der Waals surface area contributed by atoms with Crippen LogP contribution in [0, 0.1) is 5.82 Å². The van der Waals surface area contributed by atoms with Gasteiger partial charge in [-0.05, 0) is 72.3 Å². The van der Waals surface area contributed by atoms with Crippen LogP contribution in [-0.2, 0) is 4.79 Å². The van der Waals surface area contributed by atoms with Gasteiger partial charge >= 0.3 is 0 Å². The summed E-state index contributed by atoms with van der Waals surface area (Å²) >= 11 is 1.21. The number of aromatic nitrogens is 4. The van der Waals surface area contributed by atoms with Crippen LogP contribution in [0.5, 0.6) is 5.75 Å². The fraction of sp³-hybridized carbons (Fsp3) is 0.391. The van der Waals surface area contributed by atoms with Gasteiger partial charge in [0.25, 0.3) is 0 Å². The lowest BCUT2D eigenvalue weighted by molar-refractivity contribution is -0.118. The number of nitrogens with one attached hydrogen (secondary N) is 1. The third-order valence-corrected chi connectivity index (χ3v) is 6.57. The highest BCUT2D eigenvalue weighted by Gasteiger charge is 2.23. The average molecular weight is 471 g/mol. The van der Waals surface area contributed by atoms with Gasteiger partial charge in [0, 0.05) is 6.54 Å². The minimum atomic E-state index is -0.376. The summed E-state index contributed by atoms with van der Waals surface area (Å²) in [4.78, 5) is 15.1. The van der Waals surface area contributed by atoms with Crippen LogP contribution >= 0.6 is 11.8 Å². The molecule has 1 fully saturated rings. The Kier molecular flexibility index (Phi) is 7.90. The molecule has 8 nitrogen and oxygen atoms in total. The molecule has 0 aliphatic carbocycles. The number of likely N-dealkylation sites (tertiary alicyclic amines) is 1. The number of piperidine rings is 1. The second kappa shape index (κ2) is 11.2. The fourth-order valence-electron chi connectivity index (χ4n) is 3.94. The van der Waals surface area contributed by atoms with Crippen molar-refractivity contribution in [3.63, 3.8) is 0 Å². The minimum Gasteiger partial charge on any atom is -0.497 e. The molecule has 0 unspecified atom stereocenters. The molecule has 0 bridgehead atoms. The lowest BCUT2D eigenvalue weighted by atomic mass is 10.0. The number of halogens is 1. The molecule has 1 aromatic heterocycles. The van der Waals surface area contributed by atoms with Gasteiger partial charge in [0.1, 0.15) is 11.6 Å². The van der Waals surface area contributed by atoms with Crippen molar-refractivity contribution in [2.24, 2.45) is 0 Å². The van der Waals surface area contributed by atoms with E-state index in [1.54, 1.807) is 19.2 Å². The maximum absolute atomic E-state index is 13.6. The van der Waals surface area contributed by atoms with Crippen LogP contribution in [0.4, 0.5) is 4.39 Å². The van der Waals surface area contributed by atoms with E-state index in [-0.39, 0.29) is 23.5 Å². The molecule has 2 aromatic carbocycles. The highest BCUT2D eigenvalue weighted by atomic mass is 32.2. The number of methoxy groups -OCH3 is 1. The number of benzene rings is 2. The van der Waals surface area contributed by atoms with Gasteiger partial charge < -0.3 is 10.1 Å². The predicted molar refractivity (Wildman–Crippen MR) is 124 cm³/mol. The van der Waals surface area contributed by atoms with Gasteiger partial charge in [-0.1, -0.05) is 36.4 Å². The first kappa shape index (κ1) is 23.2. The van der Waals surface area contributed by atoms with E-state index in [9.17, 15) is 9.18 Å². The normalized spacial score (nSPS) is 15.2. The van der Waals surface area contributed by atoms with Crippen molar-refractivity contribution in [2.45, 2.75) is 30.5 Å². The molecule has 4 rings (SSSR count). The zero-order valence-corrected chi connectivity index (χ0v) is 19.3. The molecule has 2 heterocycles. The Hall–Kier alpha value is -2.98. The molecule has 1 aliphatic rings. The summed E-state index contributed by atoms with van der Waals surface area (Å²) in [7, 11) is 1.65. The standard InChI is InChI=1S/C23H27FN6O2S/c1-32-20-10-8-17(9-11-20)21(29-12-3-2-4-13-29)15-25-22(31)16-33-23-26-27-28-30(23)19-7-5-6-18(24)14-19/h5-11,14,21H,2-4,12-13,15-16H2,1H3,(H,25,31)/t21-/m1/s1. The van der Waals surface area contributed by atoms with Crippen molar-refractivity contribution in [2.75, 3.05) is 32.5 Å². The summed E-state index contributed by atoms with van der Waals surface area (Å²) in [6.45, 7) is 2.55. The number of rotatable bonds is 9. The van der Waals surface area contributed by atoms with Gasteiger partial charge in [0.2, 0.25) is 11.1 Å². The number of amides is 1. The predicted octanol–water partition coefficient (Wildman–Crippen LogP) is 3.25. The number of hydrogen-bond donors (Lipinski definition) is 1. The molecule has 1 N–H and O–H groups in total. The molecule has 0 radical (unpaired) electrons. The number of carbonyl (C=O) groups excluding carboxylic acids is 1. The van der Waals surface area contributed by atoms with Crippen molar-refractivity contribution in [3.05, 3.63) is 59.9 Å². The van der Waals surface area contributed by atoms with Crippen LogP contribution in [0.25, 0.3) is 5.69 Å². The van der Waals surface area contributed by atoms with Gasteiger partial charge in [-0.15, -0.1) is 5.10 Å². The van der Waals surface area contributed by atoms with Crippen LogP contribution in [0.3, 0.4) is 0 Å². The number of hydrogen-bond acceptors (Lipinski definition) is 7. The summed E-state index contributed by atoms with van der Waals surface area (Å²) in [5.74, 6) is 0.487. The van der Waals surface area contributed by atoms with E-state index < -0.39 is 0 Å². The molecule has 174 valence electrons. The number of thioether (sulfide) groups is 1. The van der Waals surface area contributed by atoms with Crippen LogP contribution in [-0.4, -0.2) is 63.5 Å². The summed E-state index contributed by atoms with van der Waals surface area (Å²) in [6, 6.07) is 14.1. The minimum absolute atomic E-state index is 0.0998. The third kappa shape index (κ3) is 6.08. The van der Waals surface area contributed by atoms with Crippen LogP contribution in [0.2, 0.25) is 0 Å². The largest absolute Gasteiger partial charge is 0.497 e. The summed E-state index contributed by atoms with van der Waals surface area (Å²) in [6.07, 6.45) is 3.58. The quantitative estimate of drug-likeness (QED) is 0.481. The molecule has 10 heteroatoms. The Morgan fingerprint density at radius 2 is 1.97 bits per heavy atom. The van der Waals surface area contributed by atoms with E-state index in [1.165, 1.54) is 47.8 Å². The zero-order chi connectivity index (χ0) is 23.0. The van der Waals surface area contributed by atoms with E-state index in [1.807, 2.05) is 12.1 Å². The van der Waals surface area contributed by atoms with E-state index >= 15 is 0 Å². The molecule has 1 aliphatic heterocycles. The Morgan fingerprint density at radius 1 is 1.18 bits per heavy atom. The molecule has 3 aromatic rings. The van der Waals surface area contributed by atoms with Gasteiger partial charge in [0.05, 0.1) is 24.6 Å². The number of tetrazole rings is 1. The second-order valence-electron chi connectivity index (χ2n) is 7.83. The van der Waals surface area contributed by atoms with Gasteiger partial charge in [-0.2, -0.15) is 4.68 Å². The SMILES string of the molecule is COc1ccc([C@@H](CNC(=O)CSc2nnnn2-c2cccc(F)c2)N2CCCCC2)cc1. The van der Waals surface area contributed by atoms with Crippen molar-refractivity contribution in [1.29, 1.82) is 0 Å². The monoisotopic (exact) mass is 470 g/mol. The molecule has 33 heavy (non-hydrogen) atoms. The Balaban J connectivity index is 1.37. The molecular formula is C23H27FN6O2S. The lowest BCUT2D eigenvalue weighted by Gasteiger charge is -2.35. The summed E-state index contributed by atoms with van der Waals surface area (Å²) in [5, 5.41) is 15.0. The molecule has 1 atom stereocenters. The van der Waals surface area contributed by atoms with Crippen molar-refractivity contribution in [3.8, 4) is 11.4 Å². The molecule has 0 spiro atoms. The Labute approximate surface area is 196 Å². The molecule has 1 saturated heterocycles. The molecule has 1 amide bonds. The van der Waals surface area contributed by atoms with Crippen LogP contribution < -0.4 is 10.1 Å². The first-order valence-electron chi connectivity index (χ1n) is 11.0. The number of nitrogens with zero attached hydrogens (tertiary/aromatic N) is 5. The van der Waals surface area contributed by atoms with Crippen molar-refractivity contribution in [1.82, 2.24) is 30.4 Å². The number of carbonyl (C=O) groups is 1. The van der Waals surface area contributed by atoms with E-state index in [0.717, 1.165) is 24.4 Å². The smallest absolute Gasteiger partial charge is 0.230 e. The highest BCUT2D eigenvalue weighted by molar-refractivity contribution is 7.99. The van der Waals surface area contributed by atoms with E-state index in [4.69, 9.17) is 4.74 Å². The first-order chi connectivity index (χ1) is 16.1. The Bertz CT molecular complexity index is 1060. The van der Waals surface area contributed by atoms with Crippen molar-refractivity contribution < 1.29 is 13.9 Å². The maximum Gasteiger partial charge on any atom is 0.230 e. The number of ether oxygens (including phenoxy) is 1. The third-order valence-electron chi connectivity index (χ3n) is 5.65. The summed E-state index contributed by atoms with van der Waals surface area (Å²) in [5.41, 5.74) is 1.66. The Morgan fingerprint density at radius 3 is 2.70 bits per heavy atom. The molecular weight excluding hydrogens is 443 g/mol. The second-order valence-corrected chi connectivity index (χ2v) is 8.77. The van der Waals surface area contributed by atoms with Gasteiger partial charge in [-0.25, -0.2) is 4.39 Å². The zero-order valence-electron chi connectivity index (χ0n) is 18.5. The highest BCUT2D eigenvalue weighted by Crippen LogP contribution is 2.26. The van der Waals surface area contributed by atoms with Crippen LogP contribution in [0.15, 0.2) is 53.7 Å². The molecule has 0 saturated carbocycles. The first-order valence-corrected chi connectivity index (χ1v) is 11.9. The van der Waals surface area contributed by atoms with Crippen LogP contribution in [0.1, 0.15) is 30.9 Å². The van der Waals surface area contributed by atoms with Gasteiger partial charge in [-0.3, -0.25) is 9.69 Å². The lowest BCUT2D eigenvalue weighted by Crippen LogP contribution is -2.41. The fourth-order valence-corrected chi connectivity index (χ4v) is 4.67. The maximum atomic E-state index is 13.6. The van der Waals surface area contributed by atoms with Crippen molar-refractivity contribution >= 4 is 17.7 Å². The topological polar surface area (TPSA) is 85.2 Å². The van der Waals surface area contributed by atoms with Gasteiger partial charge in [0.15, 0.2) is 0 Å². The average Bonchev–Trinajstić information content (AvgIpc) is 3.33. The summed E-state index contributed by atoms with van der Waals surface area (Å²) < 4.78 is 20.3. The van der Waals surface area contributed by atoms with E-state index in [2.05, 4.69) is 37.9 Å². The van der Waals surface area contributed by atoms with E-state index in [0.29, 0.717) is 17.4 Å².